The summed E-state index contributed by atoms with van der Waals surface area (Å²) in [7, 11) is -8.36. The molecule has 0 spiro atoms. The minimum Gasteiger partial charge on any atom is -0.270 e. The molecule has 0 rings (SSSR count). The summed E-state index contributed by atoms with van der Waals surface area (Å²) in [4.78, 5) is 0. The number of hydrogen-bond acceptors (Lipinski definition) is 0. The van der Waals surface area contributed by atoms with E-state index in [-0.39, 0.29) is 36.5 Å². The van der Waals surface area contributed by atoms with Crippen LogP contribution in [0.5, 0.6) is 0 Å². The Kier molecular flexibility index (Phi) is 14.3. The van der Waals surface area contributed by atoms with Gasteiger partial charge in [-0.2, -0.15) is 0 Å². The lowest BCUT2D eigenvalue weighted by Crippen LogP contribution is -2.27. The Hall–Kier alpha value is 0.154. The van der Waals surface area contributed by atoms with Crippen LogP contribution in [0.15, 0.2) is 0 Å². The van der Waals surface area contributed by atoms with E-state index in [1.54, 1.807) is 6.92 Å². The third kappa shape index (κ3) is 16.1. The van der Waals surface area contributed by atoms with E-state index < -0.39 is 17.5 Å². The van der Waals surface area contributed by atoms with Crippen molar-refractivity contribution in [2.24, 2.45) is 5.92 Å². The van der Waals surface area contributed by atoms with Gasteiger partial charge in [-0.3, -0.25) is 16.4 Å². The second kappa shape index (κ2) is 14.2. The Morgan fingerprint density at radius 3 is 1.52 bits per heavy atom. The first-order chi connectivity index (χ1) is 11.7. The summed E-state index contributed by atoms with van der Waals surface area (Å²) in [6, 6.07) is -0.0916. The molecule has 0 amide bonds. The standard InChI is InChI=1S/C19H40F4Si2/c1-4-6-8-10-12-15-24(20,21)17-14-19(3)18-25(22,23)16-13-11-9-7-5-2/h19H,4-18H2,1-3H3. The minimum atomic E-state index is -4.19. The van der Waals surface area contributed by atoms with Crippen LogP contribution < -0.4 is 0 Å². The van der Waals surface area contributed by atoms with Crippen LogP contribution in [0.1, 0.15) is 91.4 Å². The van der Waals surface area contributed by atoms with Crippen molar-refractivity contribution in [1.29, 1.82) is 0 Å². The SMILES string of the molecule is CCCCCCC[Si](F)(F)CCC(C)C[Si](F)(F)CCCCCCC. The van der Waals surface area contributed by atoms with Gasteiger partial charge in [-0.15, -0.1) is 0 Å². The van der Waals surface area contributed by atoms with E-state index in [1.165, 1.54) is 0 Å². The van der Waals surface area contributed by atoms with E-state index in [1.807, 2.05) is 0 Å². The number of rotatable bonds is 17. The molecule has 0 saturated heterocycles. The molecule has 0 radical (unpaired) electrons. The average molecular weight is 401 g/mol. The monoisotopic (exact) mass is 400 g/mol. The highest BCUT2D eigenvalue weighted by Crippen LogP contribution is 2.32. The van der Waals surface area contributed by atoms with Gasteiger partial charge in [-0.1, -0.05) is 85.0 Å². The molecule has 0 aromatic carbocycles. The molecule has 0 nitrogen and oxygen atoms in total. The zero-order valence-electron chi connectivity index (χ0n) is 16.7. The van der Waals surface area contributed by atoms with E-state index >= 15 is 0 Å². The molecule has 0 heterocycles. The van der Waals surface area contributed by atoms with Crippen LogP contribution in [0.25, 0.3) is 0 Å². The van der Waals surface area contributed by atoms with E-state index in [0.29, 0.717) is 12.8 Å². The molecule has 1 atom stereocenters. The molecule has 0 N–H and O–H groups in total. The first-order valence-electron chi connectivity index (χ1n) is 10.5. The van der Waals surface area contributed by atoms with Crippen LogP contribution >= 0.6 is 0 Å². The van der Waals surface area contributed by atoms with Crippen molar-refractivity contribution in [3.63, 3.8) is 0 Å². The number of halogens is 4. The molecule has 6 heteroatoms. The summed E-state index contributed by atoms with van der Waals surface area (Å²) in [5, 5.41) is 0. The summed E-state index contributed by atoms with van der Waals surface area (Å²) < 4.78 is 56.2. The van der Waals surface area contributed by atoms with Crippen molar-refractivity contribution in [3.8, 4) is 0 Å². The molecule has 0 bridgehead atoms. The highest BCUT2D eigenvalue weighted by atomic mass is 28.4. The molecular weight excluding hydrogens is 360 g/mol. The van der Waals surface area contributed by atoms with Gasteiger partial charge in [0.2, 0.25) is 0 Å². The third-order valence-corrected chi connectivity index (χ3v) is 9.43. The second-order valence-electron chi connectivity index (χ2n) is 7.89. The Bertz CT molecular complexity index is 312. The summed E-state index contributed by atoms with van der Waals surface area (Å²) in [6.45, 7) is 5.95. The molecule has 0 aliphatic carbocycles. The van der Waals surface area contributed by atoms with Gasteiger partial charge in [-0.25, -0.2) is 0 Å². The predicted molar refractivity (Wildman–Crippen MR) is 106 cm³/mol. The maximum atomic E-state index is 14.1. The molecular formula is C19H40F4Si2. The van der Waals surface area contributed by atoms with E-state index in [9.17, 15) is 16.4 Å². The van der Waals surface area contributed by atoms with Gasteiger partial charge in [0.15, 0.2) is 0 Å². The average Bonchev–Trinajstić information content (AvgIpc) is 2.52. The van der Waals surface area contributed by atoms with Crippen molar-refractivity contribution < 1.29 is 16.4 Å². The van der Waals surface area contributed by atoms with Gasteiger partial charge >= 0.3 is 17.5 Å². The van der Waals surface area contributed by atoms with Crippen molar-refractivity contribution in [2.75, 3.05) is 0 Å². The molecule has 0 aromatic heterocycles. The Labute approximate surface area is 155 Å². The first-order valence-corrected chi connectivity index (χ1v) is 14.8. The topological polar surface area (TPSA) is 0 Å². The molecule has 0 saturated carbocycles. The van der Waals surface area contributed by atoms with Gasteiger partial charge in [-0.05, 0) is 30.5 Å². The van der Waals surface area contributed by atoms with Crippen LogP contribution in [0.4, 0.5) is 16.4 Å². The smallest absolute Gasteiger partial charge is 0.270 e. The summed E-state index contributed by atoms with van der Waals surface area (Å²) >= 11 is 0. The fourth-order valence-corrected chi connectivity index (χ4v) is 7.40. The lowest BCUT2D eigenvalue weighted by Gasteiger charge is -2.20. The van der Waals surface area contributed by atoms with Crippen LogP contribution in [-0.2, 0) is 0 Å². The lowest BCUT2D eigenvalue weighted by atomic mass is 10.2. The van der Waals surface area contributed by atoms with Crippen molar-refractivity contribution in [2.45, 2.75) is 116 Å². The summed E-state index contributed by atoms with van der Waals surface area (Å²) in [5.74, 6) is -0.254. The molecule has 0 fully saturated rings. The summed E-state index contributed by atoms with van der Waals surface area (Å²) in [6.07, 6.45) is 9.79. The zero-order valence-corrected chi connectivity index (χ0v) is 18.7. The maximum Gasteiger partial charge on any atom is 0.425 e. The van der Waals surface area contributed by atoms with Crippen LogP contribution in [-0.4, -0.2) is 17.5 Å². The Morgan fingerprint density at radius 2 is 1.04 bits per heavy atom. The van der Waals surface area contributed by atoms with Crippen molar-refractivity contribution in [1.82, 2.24) is 0 Å². The maximum absolute atomic E-state index is 14.1. The summed E-state index contributed by atoms with van der Waals surface area (Å²) in [5.41, 5.74) is 0. The molecule has 0 aliphatic heterocycles. The molecule has 1 unspecified atom stereocenters. The highest BCUT2D eigenvalue weighted by Gasteiger charge is 2.38. The van der Waals surface area contributed by atoms with Gasteiger partial charge in [0, 0.05) is 6.04 Å². The first kappa shape index (κ1) is 25.2. The molecule has 0 aliphatic rings. The molecule has 0 aromatic rings. The predicted octanol–water partition coefficient (Wildman–Crippen LogP) is 8.72. The van der Waals surface area contributed by atoms with Gasteiger partial charge in [0.25, 0.3) is 0 Å². The van der Waals surface area contributed by atoms with Crippen molar-refractivity contribution >= 4 is 17.5 Å². The Morgan fingerprint density at radius 1 is 0.600 bits per heavy atom. The largest absolute Gasteiger partial charge is 0.425 e. The molecule has 152 valence electrons. The van der Waals surface area contributed by atoms with E-state index in [4.69, 9.17) is 0 Å². The van der Waals surface area contributed by atoms with E-state index in [2.05, 4.69) is 13.8 Å². The number of unbranched alkanes of at least 4 members (excludes halogenated alkanes) is 8. The van der Waals surface area contributed by atoms with Crippen LogP contribution in [0.2, 0.25) is 24.2 Å². The van der Waals surface area contributed by atoms with E-state index in [0.717, 1.165) is 51.4 Å². The van der Waals surface area contributed by atoms with Gasteiger partial charge in [0.1, 0.15) is 0 Å². The molecule has 25 heavy (non-hydrogen) atoms. The van der Waals surface area contributed by atoms with Gasteiger partial charge in [0.05, 0.1) is 0 Å². The number of hydrogen-bond donors (Lipinski definition) is 0. The zero-order chi connectivity index (χ0) is 19.2. The fourth-order valence-electron chi connectivity index (χ4n) is 3.27. The van der Waals surface area contributed by atoms with Crippen LogP contribution in [0, 0.1) is 5.92 Å². The third-order valence-electron chi connectivity index (χ3n) is 4.94. The quantitative estimate of drug-likeness (QED) is 0.0990. The highest BCUT2D eigenvalue weighted by molar-refractivity contribution is 6.66. The normalized spacial score (nSPS) is 14.0. The fraction of sp³-hybridized carbons (Fsp3) is 1.00. The minimum absolute atomic E-state index is 0.0479. The Balaban J connectivity index is 3.92. The van der Waals surface area contributed by atoms with Crippen molar-refractivity contribution in [3.05, 3.63) is 0 Å². The van der Waals surface area contributed by atoms with Gasteiger partial charge < -0.3 is 0 Å². The second-order valence-corrected chi connectivity index (χ2v) is 13.2. The lowest BCUT2D eigenvalue weighted by molar-refractivity contribution is 0.489. The van der Waals surface area contributed by atoms with Crippen LogP contribution in [0.3, 0.4) is 0 Å².